The van der Waals surface area contributed by atoms with Crippen molar-refractivity contribution in [1.82, 2.24) is 4.90 Å². The summed E-state index contributed by atoms with van der Waals surface area (Å²) in [5.74, 6) is -0.799. The van der Waals surface area contributed by atoms with E-state index in [1.165, 1.54) is 0 Å². The Morgan fingerprint density at radius 3 is 2.33 bits per heavy atom. The molecule has 4 nitrogen and oxygen atoms in total. The number of nitrogens with zero attached hydrogens (tertiary/aromatic N) is 1. The highest BCUT2D eigenvalue weighted by molar-refractivity contribution is 5.73. The van der Waals surface area contributed by atoms with Crippen molar-refractivity contribution < 1.29 is 14.6 Å². The summed E-state index contributed by atoms with van der Waals surface area (Å²) < 4.78 is 4.89. The summed E-state index contributed by atoms with van der Waals surface area (Å²) in [5, 5.41) is 8.84. The minimum Gasteiger partial charge on any atom is -0.480 e. The van der Waals surface area contributed by atoms with Crippen LogP contribution in [0.15, 0.2) is 0 Å². The van der Waals surface area contributed by atoms with Crippen LogP contribution in [0.4, 0.5) is 0 Å². The molecule has 0 fully saturated rings. The smallest absolute Gasteiger partial charge is 0.321 e. The van der Waals surface area contributed by atoms with Gasteiger partial charge in [0, 0.05) is 13.0 Å². The van der Waals surface area contributed by atoms with E-state index in [1.807, 2.05) is 6.92 Å². The Morgan fingerprint density at radius 1 is 1.58 bits per heavy atom. The molecule has 72 valence electrons. The minimum atomic E-state index is -0.801. The number of hydrogen-bond acceptors (Lipinski definition) is 3. The third kappa shape index (κ3) is 3.19. The van der Waals surface area contributed by atoms with Crippen LogP contribution in [-0.4, -0.2) is 49.8 Å². The molecule has 0 aliphatic carbocycles. The van der Waals surface area contributed by atoms with Gasteiger partial charge in [0.2, 0.25) is 0 Å². The fourth-order valence-electron chi connectivity index (χ4n) is 1.33. The van der Waals surface area contributed by atoms with Crippen LogP contribution in [0.3, 0.4) is 0 Å². The van der Waals surface area contributed by atoms with Gasteiger partial charge in [0.25, 0.3) is 0 Å². The normalized spacial score (nSPS) is 16.1. The predicted octanol–water partition coefficient (Wildman–Crippen LogP) is 0.284. The van der Waals surface area contributed by atoms with Gasteiger partial charge in [0.05, 0.1) is 6.61 Å². The van der Waals surface area contributed by atoms with E-state index in [0.29, 0.717) is 6.61 Å². The molecule has 0 aromatic rings. The number of carboxylic acid groups (broad SMARTS) is 1. The average molecular weight is 175 g/mol. The van der Waals surface area contributed by atoms with Crippen molar-refractivity contribution in [1.29, 1.82) is 0 Å². The maximum Gasteiger partial charge on any atom is 0.321 e. The first-order chi connectivity index (χ1) is 5.50. The Kier molecular flexibility index (Phi) is 4.85. The topological polar surface area (TPSA) is 49.8 Å². The van der Waals surface area contributed by atoms with Crippen molar-refractivity contribution in [3.05, 3.63) is 0 Å². The molecule has 12 heavy (non-hydrogen) atoms. The summed E-state index contributed by atoms with van der Waals surface area (Å²) in [6, 6.07) is -0.468. The lowest BCUT2D eigenvalue weighted by molar-refractivity contribution is -0.144. The molecule has 0 aromatic heterocycles. The highest BCUT2D eigenvalue weighted by Gasteiger charge is 2.26. The standard InChI is InChI=1S/C8H17NO3/c1-6(5-12-4)7(8(10)11)9(2)3/h6-7H,5H2,1-4H3,(H,10,11). The van der Waals surface area contributed by atoms with Gasteiger partial charge in [-0.15, -0.1) is 0 Å². The van der Waals surface area contributed by atoms with Crippen molar-refractivity contribution in [3.8, 4) is 0 Å². The van der Waals surface area contributed by atoms with E-state index in [9.17, 15) is 4.79 Å². The molecule has 4 heteroatoms. The van der Waals surface area contributed by atoms with E-state index in [1.54, 1.807) is 26.1 Å². The lowest BCUT2D eigenvalue weighted by Gasteiger charge is -2.25. The maximum absolute atomic E-state index is 10.8. The first-order valence-corrected chi connectivity index (χ1v) is 3.88. The summed E-state index contributed by atoms with van der Waals surface area (Å²) in [5.41, 5.74) is 0. The van der Waals surface area contributed by atoms with Gasteiger partial charge in [-0.05, 0) is 14.1 Å². The Labute approximate surface area is 73.1 Å². The number of methoxy groups -OCH3 is 1. The van der Waals surface area contributed by atoms with Gasteiger partial charge in [-0.3, -0.25) is 9.69 Å². The van der Waals surface area contributed by atoms with E-state index in [2.05, 4.69) is 0 Å². The van der Waals surface area contributed by atoms with E-state index in [0.717, 1.165) is 0 Å². The zero-order valence-electron chi connectivity index (χ0n) is 8.07. The Hall–Kier alpha value is -0.610. The van der Waals surface area contributed by atoms with Crippen molar-refractivity contribution in [2.75, 3.05) is 27.8 Å². The summed E-state index contributed by atoms with van der Waals surface area (Å²) >= 11 is 0. The van der Waals surface area contributed by atoms with Crippen LogP contribution in [0.5, 0.6) is 0 Å². The Bertz CT molecular complexity index is 147. The quantitative estimate of drug-likeness (QED) is 0.652. The van der Waals surface area contributed by atoms with Crippen LogP contribution in [0.25, 0.3) is 0 Å². The number of rotatable bonds is 5. The summed E-state index contributed by atoms with van der Waals surface area (Å²) in [4.78, 5) is 12.4. The Balaban J connectivity index is 4.19. The molecular formula is C8H17NO3. The summed E-state index contributed by atoms with van der Waals surface area (Å²) in [7, 11) is 5.08. The molecule has 0 aromatic carbocycles. The van der Waals surface area contributed by atoms with Crippen molar-refractivity contribution >= 4 is 5.97 Å². The number of ether oxygens (including phenoxy) is 1. The van der Waals surface area contributed by atoms with E-state index < -0.39 is 12.0 Å². The number of likely N-dealkylation sites (N-methyl/N-ethyl adjacent to an activating group) is 1. The van der Waals surface area contributed by atoms with Gasteiger partial charge >= 0.3 is 5.97 Å². The van der Waals surface area contributed by atoms with Gasteiger partial charge in [-0.1, -0.05) is 6.92 Å². The second kappa shape index (κ2) is 5.11. The molecule has 0 spiro atoms. The van der Waals surface area contributed by atoms with E-state index >= 15 is 0 Å². The van der Waals surface area contributed by atoms with Gasteiger partial charge in [-0.25, -0.2) is 0 Å². The highest BCUT2D eigenvalue weighted by Crippen LogP contribution is 2.08. The van der Waals surface area contributed by atoms with E-state index in [4.69, 9.17) is 9.84 Å². The average Bonchev–Trinajstić information content (AvgIpc) is 1.85. The number of hydrogen-bond donors (Lipinski definition) is 1. The van der Waals surface area contributed by atoms with Crippen molar-refractivity contribution in [2.45, 2.75) is 13.0 Å². The molecule has 0 saturated carbocycles. The molecular weight excluding hydrogens is 158 g/mol. The molecule has 0 radical (unpaired) electrons. The SMILES string of the molecule is COCC(C)C(C(=O)O)N(C)C. The summed E-state index contributed by atoms with van der Waals surface area (Å²) in [6.07, 6.45) is 0. The first-order valence-electron chi connectivity index (χ1n) is 3.88. The molecule has 0 saturated heterocycles. The molecule has 0 rings (SSSR count). The summed E-state index contributed by atoms with van der Waals surface area (Å²) in [6.45, 7) is 2.33. The highest BCUT2D eigenvalue weighted by atomic mass is 16.5. The van der Waals surface area contributed by atoms with E-state index in [-0.39, 0.29) is 5.92 Å². The fraction of sp³-hybridized carbons (Fsp3) is 0.875. The Morgan fingerprint density at radius 2 is 2.08 bits per heavy atom. The fourth-order valence-corrected chi connectivity index (χ4v) is 1.33. The maximum atomic E-state index is 10.8. The number of aliphatic carboxylic acids is 1. The predicted molar refractivity (Wildman–Crippen MR) is 46.2 cm³/mol. The van der Waals surface area contributed by atoms with Gasteiger partial charge in [0.1, 0.15) is 6.04 Å². The lowest BCUT2D eigenvalue weighted by Crippen LogP contribution is -2.42. The molecule has 2 atom stereocenters. The van der Waals surface area contributed by atoms with Crippen LogP contribution < -0.4 is 0 Å². The second-order valence-corrected chi connectivity index (χ2v) is 3.18. The third-order valence-corrected chi connectivity index (χ3v) is 1.78. The zero-order chi connectivity index (χ0) is 9.72. The molecule has 0 aliphatic heterocycles. The molecule has 0 aliphatic rings. The first kappa shape index (κ1) is 11.4. The molecule has 2 unspecified atom stereocenters. The van der Waals surface area contributed by atoms with Gasteiger partial charge in [0.15, 0.2) is 0 Å². The van der Waals surface area contributed by atoms with Crippen LogP contribution in [0, 0.1) is 5.92 Å². The van der Waals surface area contributed by atoms with Crippen LogP contribution >= 0.6 is 0 Å². The largest absolute Gasteiger partial charge is 0.480 e. The van der Waals surface area contributed by atoms with Gasteiger partial charge in [-0.2, -0.15) is 0 Å². The van der Waals surface area contributed by atoms with Crippen LogP contribution in [0.1, 0.15) is 6.92 Å². The lowest BCUT2D eigenvalue weighted by atomic mass is 10.0. The third-order valence-electron chi connectivity index (χ3n) is 1.78. The second-order valence-electron chi connectivity index (χ2n) is 3.18. The van der Waals surface area contributed by atoms with Crippen LogP contribution in [0.2, 0.25) is 0 Å². The monoisotopic (exact) mass is 175 g/mol. The van der Waals surface area contributed by atoms with Gasteiger partial charge < -0.3 is 9.84 Å². The molecule has 0 heterocycles. The zero-order valence-corrected chi connectivity index (χ0v) is 8.07. The molecule has 0 bridgehead atoms. The van der Waals surface area contributed by atoms with Crippen LogP contribution in [-0.2, 0) is 9.53 Å². The van der Waals surface area contributed by atoms with Crippen molar-refractivity contribution in [3.63, 3.8) is 0 Å². The molecule has 0 amide bonds. The number of carboxylic acids is 1. The minimum absolute atomic E-state index is 0.00231. The van der Waals surface area contributed by atoms with Crippen molar-refractivity contribution in [2.24, 2.45) is 5.92 Å². The molecule has 1 N–H and O–H groups in total. The number of carbonyl (C=O) groups is 1.